The number of urea groups is 1. The van der Waals surface area contributed by atoms with E-state index in [0.717, 1.165) is 23.8 Å². The average molecular weight is 636 g/mol. The SMILES string of the molecule is O=C1N/C(=C/c2cc(I)cc(I)c2OCc2ccccc2)C(=O)N1Cc1ccccc1. The minimum Gasteiger partial charge on any atom is -0.487 e. The van der Waals surface area contributed by atoms with Crippen molar-refractivity contribution >= 4 is 63.2 Å². The Kier molecular flexibility index (Phi) is 6.91. The van der Waals surface area contributed by atoms with Crippen LogP contribution in [-0.4, -0.2) is 16.8 Å². The lowest BCUT2D eigenvalue weighted by Crippen LogP contribution is -2.30. The normalized spacial score (nSPS) is 14.8. The number of carbonyl (C=O) groups is 2. The van der Waals surface area contributed by atoms with E-state index in [1.807, 2.05) is 72.8 Å². The molecule has 1 saturated heterocycles. The maximum Gasteiger partial charge on any atom is 0.329 e. The minimum absolute atomic E-state index is 0.226. The maximum absolute atomic E-state index is 12.9. The zero-order chi connectivity index (χ0) is 21.8. The van der Waals surface area contributed by atoms with Gasteiger partial charge in [0.2, 0.25) is 0 Å². The quantitative estimate of drug-likeness (QED) is 0.219. The predicted octanol–water partition coefficient (Wildman–Crippen LogP) is 5.57. The highest BCUT2D eigenvalue weighted by molar-refractivity contribution is 14.1. The first-order chi connectivity index (χ1) is 15.0. The van der Waals surface area contributed by atoms with Crippen LogP contribution in [0.4, 0.5) is 4.79 Å². The van der Waals surface area contributed by atoms with Crippen molar-refractivity contribution in [2.75, 3.05) is 0 Å². The molecule has 0 radical (unpaired) electrons. The Balaban J connectivity index is 1.60. The molecule has 4 rings (SSSR count). The van der Waals surface area contributed by atoms with E-state index in [2.05, 4.69) is 50.5 Å². The number of carbonyl (C=O) groups excluding carboxylic acids is 2. The second kappa shape index (κ2) is 9.82. The van der Waals surface area contributed by atoms with Crippen molar-refractivity contribution in [3.05, 3.63) is 102 Å². The Morgan fingerprint density at radius 3 is 2.23 bits per heavy atom. The van der Waals surface area contributed by atoms with Crippen LogP contribution in [0.5, 0.6) is 5.75 Å². The molecule has 3 amide bonds. The molecule has 1 fully saturated rings. The summed E-state index contributed by atoms with van der Waals surface area (Å²) in [4.78, 5) is 26.6. The monoisotopic (exact) mass is 636 g/mol. The number of ether oxygens (including phenoxy) is 1. The lowest BCUT2D eigenvalue weighted by molar-refractivity contribution is -0.123. The fourth-order valence-electron chi connectivity index (χ4n) is 3.21. The molecule has 0 atom stereocenters. The van der Waals surface area contributed by atoms with Gasteiger partial charge in [-0.1, -0.05) is 60.7 Å². The van der Waals surface area contributed by atoms with Crippen LogP contribution in [-0.2, 0) is 17.9 Å². The van der Waals surface area contributed by atoms with Gasteiger partial charge in [0, 0.05) is 9.13 Å². The molecule has 0 unspecified atom stereocenters. The molecule has 1 aliphatic rings. The molecule has 1 heterocycles. The van der Waals surface area contributed by atoms with E-state index in [0.29, 0.717) is 12.4 Å². The highest BCUT2D eigenvalue weighted by atomic mass is 127. The summed E-state index contributed by atoms with van der Waals surface area (Å²) in [6.45, 7) is 0.637. The lowest BCUT2D eigenvalue weighted by atomic mass is 10.1. The van der Waals surface area contributed by atoms with E-state index >= 15 is 0 Å². The van der Waals surface area contributed by atoms with Crippen molar-refractivity contribution in [3.8, 4) is 5.75 Å². The molecule has 1 N–H and O–H groups in total. The summed E-state index contributed by atoms with van der Waals surface area (Å²) < 4.78 is 8.06. The van der Waals surface area contributed by atoms with Gasteiger partial charge in [-0.2, -0.15) is 0 Å². The van der Waals surface area contributed by atoms with E-state index in [4.69, 9.17) is 4.74 Å². The van der Waals surface area contributed by atoms with Crippen LogP contribution in [0.25, 0.3) is 6.08 Å². The number of hydrogen-bond donors (Lipinski definition) is 1. The minimum atomic E-state index is -0.424. The van der Waals surface area contributed by atoms with Gasteiger partial charge in [0.1, 0.15) is 18.1 Å². The molecule has 7 heteroatoms. The van der Waals surface area contributed by atoms with Crippen LogP contribution in [0.1, 0.15) is 16.7 Å². The third-order valence-corrected chi connectivity index (χ3v) is 6.13. The summed E-state index contributed by atoms with van der Waals surface area (Å²) in [6.07, 6.45) is 1.69. The molecule has 0 saturated carbocycles. The van der Waals surface area contributed by atoms with Gasteiger partial charge >= 0.3 is 6.03 Å². The summed E-state index contributed by atoms with van der Waals surface area (Å²) in [7, 11) is 0. The number of imide groups is 1. The van der Waals surface area contributed by atoms with Crippen molar-refractivity contribution in [2.24, 2.45) is 0 Å². The van der Waals surface area contributed by atoms with Crippen LogP contribution < -0.4 is 10.1 Å². The third kappa shape index (κ3) is 5.27. The molecule has 1 aliphatic heterocycles. The highest BCUT2D eigenvalue weighted by Gasteiger charge is 2.33. The number of hydrogen-bond acceptors (Lipinski definition) is 3. The van der Waals surface area contributed by atoms with Gasteiger partial charge in [0.25, 0.3) is 5.91 Å². The molecule has 0 spiro atoms. The Morgan fingerprint density at radius 2 is 1.55 bits per heavy atom. The molecule has 3 aromatic rings. The second-order valence-corrected chi connectivity index (χ2v) is 9.35. The van der Waals surface area contributed by atoms with E-state index in [1.54, 1.807) is 6.08 Å². The summed E-state index contributed by atoms with van der Waals surface area (Å²) in [6, 6.07) is 22.9. The zero-order valence-electron chi connectivity index (χ0n) is 16.3. The fourth-order valence-corrected chi connectivity index (χ4v) is 5.25. The largest absolute Gasteiger partial charge is 0.487 e. The Labute approximate surface area is 207 Å². The summed E-state index contributed by atoms with van der Waals surface area (Å²) in [5.74, 6) is 0.331. The third-order valence-electron chi connectivity index (χ3n) is 4.71. The smallest absolute Gasteiger partial charge is 0.329 e. The number of nitrogens with zero attached hydrogens (tertiary/aromatic N) is 1. The van der Waals surface area contributed by atoms with E-state index in [1.165, 1.54) is 4.90 Å². The van der Waals surface area contributed by atoms with Gasteiger partial charge in [0.15, 0.2) is 0 Å². The van der Waals surface area contributed by atoms with E-state index in [9.17, 15) is 9.59 Å². The summed E-state index contributed by atoms with van der Waals surface area (Å²) in [5, 5.41) is 2.70. The lowest BCUT2D eigenvalue weighted by Gasteiger charge is -2.13. The molecular formula is C24H18I2N2O3. The van der Waals surface area contributed by atoms with Gasteiger partial charge in [-0.25, -0.2) is 4.79 Å². The van der Waals surface area contributed by atoms with Crippen LogP contribution >= 0.6 is 45.2 Å². The molecule has 31 heavy (non-hydrogen) atoms. The predicted molar refractivity (Wildman–Crippen MR) is 136 cm³/mol. The van der Waals surface area contributed by atoms with Crippen LogP contribution in [0.3, 0.4) is 0 Å². The Morgan fingerprint density at radius 1 is 0.903 bits per heavy atom. The number of rotatable bonds is 6. The number of halogens is 2. The van der Waals surface area contributed by atoms with Crippen LogP contribution in [0.15, 0.2) is 78.5 Å². The maximum atomic E-state index is 12.9. The van der Waals surface area contributed by atoms with Gasteiger partial charge in [-0.15, -0.1) is 0 Å². The van der Waals surface area contributed by atoms with Crippen molar-refractivity contribution < 1.29 is 14.3 Å². The average Bonchev–Trinajstić information content (AvgIpc) is 3.02. The zero-order valence-corrected chi connectivity index (χ0v) is 20.7. The van der Waals surface area contributed by atoms with Crippen molar-refractivity contribution in [2.45, 2.75) is 13.2 Å². The molecule has 3 aromatic carbocycles. The van der Waals surface area contributed by atoms with Gasteiger partial charge in [-0.3, -0.25) is 9.69 Å². The fraction of sp³-hybridized carbons (Fsp3) is 0.0833. The summed E-state index contributed by atoms with van der Waals surface area (Å²) >= 11 is 4.46. The molecular weight excluding hydrogens is 618 g/mol. The van der Waals surface area contributed by atoms with Crippen molar-refractivity contribution in [1.82, 2.24) is 10.2 Å². The second-order valence-electron chi connectivity index (χ2n) is 6.95. The molecule has 0 aromatic heterocycles. The van der Waals surface area contributed by atoms with Crippen molar-refractivity contribution in [3.63, 3.8) is 0 Å². The molecule has 0 bridgehead atoms. The van der Waals surface area contributed by atoms with Gasteiger partial charge in [0.05, 0.1) is 10.1 Å². The first-order valence-electron chi connectivity index (χ1n) is 9.55. The highest BCUT2D eigenvalue weighted by Crippen LogP contribution is 2.31. The molecule has 5 nitrogen and oxygen atoms in total. The number of benzene rings is 3. The van der Waals surface area contributed by atoms with Crippen LogP contribution in [0, 0.1) is 7.14 Å². The number of amides is 3. The molecule has 156 valence electrons. The van der Waals surface area contributed by atoms with Gasteiger partial charge < -0.3 is 10.1 Å². The first kappa shape index (κ1) is 21.8. The number of nitrogens with one attached hydrogen (secondary N) is 1. The standard InChI is InChI=1S/C24H18I2N2O3/c25-19-11-18(22(20(26)13-19)31-15-17-9-5-2-6-10-17)12-21-23(29)28(24(30)27-21)14-16-7-3-1-4-8-16/h1-13H,14-15H2,(H,27,30)/b21-12+. The Bertz CT molecular complexity index is 1150. The first-order valence-corrected chi connectivity index (χ1v) is 11.7. The van der Waals surface area contributed by atoms with E-state index < -0.39 is 6.03 Å². The molecule has 0 aliphatic carbocycles. The van der Waals surface area contributed by atoms with Gasteiger partial charge in [-0.05, 0) is 74.5 Å². The van der Waals surface area contributed by atoms with Crippen LogP contribution in [0.2, 0.25) is 0 Å². The summed E-state index contributed by atoms with van der Waals surface area (Å²) in [5.41, 5.74) is 2.93. The Hall–Kier alpha value is -2.40. The van der Waals surface area contributed by atoms with Crippen molar-refractivity contribution in [1.29, 1.82) is 0 Å². The topological polar surface area (TPSA) is 58.6 Å². The van der Waals surface area contributed by atoms with E-state index in [-0.39, 0.29) is 18.1 Å².